The maximum atomic E-state index is 5.50. The minimum Gasteiger partial charge on any atom is -0.490 e. The van der Waals surface area contributed by atoms with Crippen molar-refractivity contribution >= 4 is 28.3 Å². The Balaban J connectivity index is 2.47. The molecular weight excluding hydrogens is 265 g/mol. The molecule has 0 aliphatic carbocycles. The minimum atomic E-state index is 0.796. The number of anilines is 1. The fraction of sp³-hybridized carbons (Fsp3) is 0.333. The van der Waals surface area contributed by atoms with Crippen molar-refractivity contribution in [3.63, 3.8) is 0 Å². The number of nitrogens with zero attached hydrogens (tertiary/aromatic N) is 1. The number of hydrogen-bond acceptors (Lipinski definition) is 2. The summed E-state index contributed by atoms with van der Waals surface area (Å²) >= 11 is 2.31. The van der Waals surface area contributed by atoms with Gasteiger partial charge >= 0.3 is 0 Å². The van der Waals surface area contributed by atoms with Crippen LogP contribution in [0.25, 0.3) is 0 Å². The molecule has 1 aromatic rings. The molecule has 1 aliphatic heterocycles. The van der Waals surface area contributed by atoms with Crippen LogP contribution in [0.4, 0.5) is 5.69 Å². The molecule has 1 aliphatic rings. The van der Waals surface area contributed by atoms with E-state index in [1.54, 1.807) is 0 Å². The Morgan fingerprint density at radius 1 is 1.50 bits per heavy atom. The lowest BCUT2D eigenvalue weighted by Crippen LogP contribution is -2.28. The van der Waals surface area contributed by atoms with Gasteiger partial charge in [-0.1, -0.05) is 0 Å². The molecule has 0 saturated heterocycles. The van der Waals surface area contributed by atoms with Gasteiger partial charge in [0.05, 0.1) is 12.2 Å². The van der Waals surface area contributed by atoms with E-state index in [1.807, 2.05) is 6.07 Å². The molecule has 2 rings (SSSR count). The third-order valence-electron chi connectivity index (χ3n) is 2.02. The van der Waals surface area contributed by atoms with Crippen LogP contribution < -0.4 is 9.64 Å². The van der Waals surface area contributed by atoms with Crippen LogP contribution in [0.15, 0.2) is 18.2 Å². The number of halogens is 1. The molecule has 0 bridgehead atoms. The van der Waals surface area contributed by atoms with Crippen LogP contribution in [0.5, 0.6) is 5.75 Å². The highest BCUT2D eigenvalue weighted by atomic mass is 127. The smallest absolute Gasteiger partial charge is 0.142 e. The molecule has 1 heterocycles. The first-order chi connectivity index (χ1) is 5.77. The third kappa shape index (κ3) is 1.37. The van der Waals surface area contributed by atoms with Crippen LogP contribution in [-0.2, 0) is 0 Å². The van der Waals surface area contributed by atoms with E-state index in [4.69, 9.17) is 4.74 Å². The maximum Gasteiger partial charge on any atom is 0.142 e. The monoisotopic (exact) mass is 275 g/mol. The van der Waals surface area contributed by atoms with Crippen molar-refractivity contribution in [3.05, 3.63) is 21.8 Å². The van der Waals surface area contributed by atoms with Gasteiger partial charge in [0.15, 0.2) is 0 Å². The van der Waals surface area contributed by atoms with Crippen molar-refractivity contribution in [2.45, 2.75) is 0 Å². The molecule has 0 aromatic heterocycles. The largest absolute Gasteiger partial charge is 0.490 e. The molecule has 0 unspecified atom stereocenters. The molecule has 0 spiro atoms. The van der Waals surface area contributed by atoms with E-state index in [-0.39, 0.29) is 0 Å². The number of benzene rings is 1. The number of rotatable bonds is 0. The molecule has 3 heteroatoms. The van der Waals surface area contributed by atoms with Crippen LogP contribution in [-0.4, -0.2) is 20.2 Å². The molecule has 0 amide bonds. The Bertz CT molecular complexity index is 301. The van der Waals surface area contributed by atoms with Crippen molar-refractivity contribution in [1.29, 1.82) is 0 Å². The fourth-order valence-corrected chi connectivity index (χ4v) is 1.80. The van der Waals surface area contributed by atoms with Crippen LogP contribution in [0.3, 0.4) is 0 Å². The van der Waals surface area contributed by atoms with E-state index >= 15 is 0 Å². The van der Waals surface area contributed by atoms with Gasteiger partial charge < -0.3 is 9.64 Å². The van der Waals surface area contributed by atoms with Gasteiger partial charge in [-0.15, -0.1) is 0 Å². The molecule has 2 nitrogen and oxygen atoms in total. The highest BCUT2D eigenvalue weighted by Gasteiger charge is 2.13. The van der Waals surface area contributed by atoms with Gasteiger partial charge in [0.25, 0.3) is 0 Å². The minimum absolute atomic E-state index is 0.796. The molecule has 0 atom stereocenters. The zero-order valence-corrected chi connectivity index (χ0v) is 9.04. The van der Waals surface area contributed by atoms with Gasteiger partial charge in [0.2, 0.25) is 0 Å². The van der Waals surface area contributed by atoms with E-state index in [0.29, 0.717) is 0 Å². The summed E-state index contributed by atoms with van der Waals surface area (Å²) in [5.41, 5.74) is 1.20. The van der Waals surface area contributed by atoms with Gasteiger partial charge in [-0.3, -0.25) is 0 Å². The van der Waals surface area contributed by atoms with Crippen LogP contribution in [0, 0.1) is 3.57 Å². The summed E-state index contributed by atoms with van der Waals surface area (Å²) in [4.78, 5) is 2.22. The van der Waals surface area contributed by atoms with Gasteiger partial charge in [-0.25, -0.2) is 0 Å². The average Bonchev–Trinajstić information content (AvgIpc) is 2.07. The lowest BCUT2D eigenvalue weighted by Gasteiger charge is -2.27. The van der Waals surface area contributed by atoms with Gasteiger partial charge in [0.1, 0.15) is 12.4 Å². The van der Waals surface area contributed by atoms with Crippen molar-refractivity contribution < 1.29 is 4.74 Å². The van der Waals surface area contributed by atoms with Crippen LogP contribution >= 0.6 is 22.6 Å². The number of ether oxygens (including phenoxy) is 1. The lowest BCUT2D eigenvalue weighted by atomic mass is 10.2. The van der Waals surface area contributed by atoms with E-state index in [2.05, 4.69) is 46.7 Å². The first-order valence-electron chi connectivity index (χ1n) is 3.91. The molecule has 0 saturated carbocycles. The Hall–Kier alpha value is -0.450. The number of fused-ring (bicyclic) bond motifs is 1. The second-order valence-corrected chi connectivity index (χ2v) is 4.13. The lowest BCUT2D eigenvalue weighted by molar-refractivity contribution is 0.311. The molecule has 0 radical (unpaired) electrons. The molecule has 0 N–H and O–H groups in total. The first kappa shape index (κ1) is 8.16. The first-order valence-corrected chi connectivity index (χ1v) is 4.99. The Labute approximate surface area is 85.7 Å². The molecule has 64 valence electrons. The Morgan fingerprint density at radius 2 is 2.33 bits per heavy atom. The van der Waals surface area contributed by atoms with Crippen molar-refractivity contribution in [3.8, 4) is 5.75 Å². The number of likely N-dealkylation sites (N-methyl/N-ethyl adjacent to an activating group) is 1. The predicted octanol–water partition coefficient (Wildman–Crippen LogP) is 2.12. The summed E-state index contributed by atoms with van der Waals surface area (Å²) < 4.78 is 6.76. The Kier molecular flexibility index (Phi) is 2.12. The summed E-state index contributed by atoms with van der Waals surface area (Å²) in [7, 11) is 2.09. The van der Waals surface area contributed by atoms with Crippen LogP contribution in [0.2, 0.25) is 0 Å². The highest BCUT2D eigenvalue weighted by molar-refractivity contribution is 14.1. The predicted molar refractivity (Wildman–Crippen MR) is 57.9 cm³/mol. The molecule has 0 fully saturated rings. The van der Waals surface area contributed by atoms with Gasteiger partial charge in [-0.2, -0.15) is 0 Å². The zero-order valence-electron chi connectivity index (χ0n) is 6.88. The second kappa shape index (κ2) is 3.12. The van der Waals surface area contributed by atoms with Crippen molar-refractivity contribution in [2.24, 2.45) is 0 Å². The second-order valence-electron chi connectivity index (χ2n) is 2.88. The van der Waals surface area contributed by atoms with E-state index in [9.17, 15) is 0 Å². The summed E-state index contributed by atoms with van der Waals surface area (Å²) in [5.74, 6) is 1.00. The van der Waals surface area contributed by atoms with Crippen molar-refractivity contribution in [2.75, 3.05) is 25.1 Å². The average molecular weight is 275 g/mol. The quantitative estimate of drug-likeness (QED) is 0.672. The topological polar surface area (TPSA) is 12.5 Å². The Morgan fingerprint density at radius 3 is 3.17 bits per heavy atom. The van der Waals surface area contributed by atoms with E-state index < -0.39 is 0 Å². The van der Waals surface area contributed by atoms with E-state index in [0.717, 1.165) is 18.9 Å². The molecule has 12 heavy (non-hydrogen) atoms. The third-order valence-corrected chi connectivity index (χ3v) is 2.69. The summed E-state index contributed by atoms with van der Waals surface area (Å²) in [5, 5.41) is 0. The maximum absolute atomic E-state index is 5.50. The van der Waals surface area contributed by atoms with Crippen LogP contribution in [0.1, 0.15) is 0 Å². The van der Waals surface area contributed by atoms with Gasteiger partial charge in [-0.05, 0) is 40.8 Å². The normalized spacial score (nSPS) is 15.3. The summed E-state index contributed by atoms with van der Waals surface area (Å²) in [6.45, 7) is 1.77. The molecular formula is C9H10INO. The van der Waals surface area contributed by atoms with E-state index in [1.165, 1.54) is 9.26 Å². The standard InChI is InChI=1S/C9H10INO/c1-11-4-5-12-9-3-2-7(10)6-8(9)11/h2-3,6H,4-5H2,1H3. The highest BCUT2D eigenvalue weighted by Crippen LogP contribution is 2.31. The molecule has 1 aromatic carbocycles. The fourth-order valence-electron chi connectivity index (χ4n) is 1.32. The summed E-state index contributed by atoms with van der Waals surface area (Å²) in [6, 6.07) is 6.25. The number of hydrogen-bond donors (Lipinski definition) is 0. The van der Waals surface area contributed by atoms with Gasteiger partial charge in [0, 0.05) is 10.6 Å². The van der Waals surface area contributed by atoms with Crippen molar-refractivity contribution in [1.82, 2.24) is 0 Å². The SMILES string of the molecule is CN1CCOc2ccc(I)cc21. The zero-order chi connectivity index (χ0) is 8.55. The summed E-state index contributed by atoms with van der Waals surface area (Å²) in [6.07, 6.45) is 0.